The third-order valence-corrected chi connectivity index (χ3v) is 5.44. The topological polar surface area (TPSA) is 43.2 Å². The van der Waals surface area contributed by atoms with Crippen molar-refractivity contribution in [2.24, 2.45) is 0 Å². The lowest BCUT2D eigenvalue weighted by Crippen LogP contribution is -2.36. The molecule has 0 atom stereocenters. The Bertz CT molecular complexity index is 881. The molecule has 0 unspecified atom stereocenters. The summed E-state index contributed by atoms with van der Waals surface area (Å²) >= 11 is 1.57. The van der Waals surface area contributed by atoms with Crippen LogP contribution in [0.4, 0.5) is 4.39 Å². The number of ether oxygens (including phenoxy) is 1. The molecule has 0 radical (unpaired) electrons. The van der Waals surface area contributed by atoms with E-state index in [-0.39, 0.29) is 5.82 Å². The van der Waals surface area contributed by atoms with Gasteiger partial charge in [0.05, 0.1) is 19.8 Å². The Kier molecular flexibility index (Phi) is 5.81. The summed E-state index contributed by atoms with van der Waals surface area (Å²) in [6.45, 7) is 4.02. The maximum absolute atomic E-state index is 13.4. The zero-order chi connectivity index (χ0) is 18.5. The van der Waals surface area contributed by atoms with Gasteiger partial charge in [-0.05, 0) is 29.8 Å². The summed E-state index contributed by atoms with van der Waals surface area (Å²) in [7, 11) is 0. The minimum Gasteiger partial charge on any atom is -0.379 e. The van der Waals surface area contributed by atoms with Crippen LogP contribution in [-0.2, 0) is 17.0 Å². The molecule has 0 aliphatic carbocycles. The zero-order valence-electron chi connectivity index (χ0n) is 14.9. The molecule has 4 rings (SSSR count). The number of hydrogen-bond donors (Lipinski definition) is 0. The number of halogens is 1. The molecule has 0 spiro atoms. The van der Waals surface area contributed by atoms with Gasteiger partial charge in [-0.25, -0.2) is 4.39 Å². The first-order chi connectivity index (χ1) is 13.3. The van der Waals surface area contributed by atoms with Crippen LogP contribution in [-0.4, -0.2) is 46.0 Å². The average Bonchev–Trinajstić information content (AvgIpc) is 3.10. The molecule has 1 aliphatic rings. The number of rotatable bonds is 6. The second kappa shape index (κ2) is 8.65. The van der Waals surface area contributed by atoms with Gasteiger partial charge in [0.1, 0.15) is 5.82 Å². The molecule has 1 fully saturated rings. The van der Waals surface area contributed by atoms with Gasteiger partial charge >= 0.3 is 0 Å². The van der Waals surface area contributed by atoms with Crippen LogP contribution in [0.3, 0.4) is 0 Å². The predicted molar refractivity (Wildman–Crippen MR) is 103 cm³/mol. The van der Waals surface area contributed by atoms with Gasteiger partial charge in [0.15, 0.2) is 11.0 Å². The second-order valence-corrected chi connectivity index (χ2v) is 7.32. The molecule has 1 aromatic heterocycles. The monoisotopic (exact) mass is 384 g/mol. The van der Waals surface area contributed by atoms with Crippen molar-refractivity contribution in [3.8, 4) is 5.69 Å². The number of aromatic nitrogens is 3. The fraction of sp³-hybridized carbons (Fsp3) is 0.300. The number of benzene rings is 2. The number of nitrogens with zero attached hydrogens (tertiary/aromatic N) is 4. The summed E-state index contributed by atoms with van der Waals surface area (Å²) in [6, 6.07) is 16.8. The zero-order valence-corrected chi connectivity index (χ0v) is 15.7. The summed E-state index contributed by atoms with van der Waals surface area (Å²) in [5.41, 5.74) is 1.96. The molecule has 2 aromatic carbocycles. The Morgan fingerprint density at radius 2 is 1.81 bits per heavy atom. The van der Waals surface area contributed by atoms with Gasteiger partial charge in [0, 0.05) is 24.5 Å². The fourth-order valence-corrected chi connectivity index (χ4v) is 3.98. The molecular formula is C20H21FN4OS. The van der Waals surface area contributed by atoms with Gasteiger partial charge in [-0.3, -0.25) is 9.47 Å². The van der Waals surface area contributed by atoms with E-state index in [1.807, 2.05) is 24.3 Å². The Hall–Kier alpha value is -2.22. The first kappa shape index (κ1) is 18.2. The molecule has 7 heteroatoms. The van der Waals surface area contributed by atoms with Crippen LogP contribution >= 0.6 is 11.8 Å². The van der Waals surface area contributed by atoms with Crippen LogP contribution in [0.15, 0.2) is 59.8 Å². The van der Waals surface area contributed by atoms with E-state index in [2.05, 4.69) is 31.8 Å². The van der Waals surface area contributed by atoms with Crippen molar-refractivity contribution in [2.75, 3.05) is 26.3 Å². The van der Waals surface area contributed by atoms with Gasteiger partial charge in [-0.2, -0.15) is 0 Å². The van der Waals surface area contributed by atoms with Crippen LogP contribution in [0, 0.1) is 5.82 Å². The SMILES string of the molecule is Fc1cccc(CSc2nnc(CN3CCOCC3)n2-c2ccccc2)c1. The highest BCUT2D eigenvalue weighted by Gasteiger charge is 2.19. The Morgan fingerprint density at radius 1 is 1.00 bits per heavy atom. The first-order valence-electron chi connectivity index (χ1n) is 8.97. The molecule has 2 heterocycles. The van der Waals surface area contributed by atoms with Crippen LogP contribution in [0.2, 0.25) is 0 Å². The van der Waals surface area contributed by atoms with Crippen molar-refractivity contribution in [3.05, 3.63) is 71.8 Å². The molecular weight excluding hydrogens is 363 g/mol. The normalized spacial score (nSPS) is 15.1. The van der Waals surface area contributed by atoms with E-state index in [0.717, 1.165) is 55.1 Å². The van der Waals surface area contributed by atoms with Gasteiger partial charge in [0.2, 0.25) is 0 Å². The van der Waals surface area contributed by atoms with Crippen molar-refractivity contribution < 1.29 is 9.13 Å². The molecule has 0 N–H and O–H groups in total. The molecule has 0 saturated carbocycles. The van der Waals surface area contributed by atoms with Crippen molar-refractivity contribution >= 4 is 11.8 Å². The lowest BCUT2D eigenvalue weighted by atomic mass is 10.2. The summed E-state index contributed by atoms with van der Waals surface area (Å²) in [4.78, 5) is 2.33. The van der Waals surface area contributed by atoms with Gasteiger partial charge in [-0.1, -0.05) is 42.1 Å². The Balaban J connectivity index is 1.58. The largest absolute Gasteiger partial charge is 0.379 e. The molecule has 3 aromatic rings. The van der Waals surface area contributed by atoms with Crippen molar-refractivity contribution in [2.45, 2.75) is 17.5 Å². The second-order valence-electron chi connectivity index (χ2n) is 6.38. The summed E-state index contributed by atoms with van der Waals surface area (Å²) in [5, 5.41) is 9.69. The maximum Gasteiger partial charge on any atom is 0.196 e. The standard InChI is InChI=1S/C20H21FN4OS/c21-17-6-4-5-16(13-17)15-27-20-23-22-19(14-24-9-11-26-12-10-24)25(20)18-7-2-1-3-8-18/h1-8,13H,9-12,14-15H2. The smallest absolute Gasteiger partial charge is 0.196 e. The number of thioether (sulfide) groups is 1. The van der Waals surface area contributed by atoms with Gasteiger partial charge in [0.25, 0.3) is 0 Å². The number of morpholine rings is 1. The molecule has 1 saturated heterocycles. The molecule has 0 bridgehead atoms. The molecule has 5 nitrogen and oxygen atoms in total. The average molecular weight is 384 g/mol. The highest BCUT2D eigenvalue weighted by Crippen LogP contribution is 2.26. The van der Waals surface area contributed by atoms with E-state index in [9.17, 15) is 4.39 Å². The van der Waals surface area contributed by atoms with Gasteiger partial charge in [-0.15, -0.1) is 10.2 Å². The van der Waals surface area contributed by atoms with E-state index in [4.69, 9.17) is 4.74 Å². The van der Waals surface area contributed by atoms with E-state index in [0.29, 0.717) is 5.75 Å². The van der Waals surface area contributed by atoms with E-state index >= 15 is 0 Å². The Morgan fingerprint density at radius 3 is 2.59 bits per heavy atom. The minimum absolute atomic E-state index is 0.217. The van der Waals surface area contributed by atoms with E-state index < -0.39 is 0 Å². The number of para-hydroxylation sites is 1. The third kappa shape index (κ3) is 4.55. The molecule has 140 valence electrons. The van der Waals surface area contributed by atoms with Crippen LogP contribution in [0.5, 0.6) is 0 Å². The third-order valence-electron chi connectivity index (χ3n) is 4.44. The lowest BCUT2D eigenvalue weighted by Gasteiger charge is -2.26. The Labute approximate surface area is 162 Å². The van der Waals surface area contributed by atoms with E-state index in [1.54, 1.807) is 23.9 Å². The summed E-state index contributed by atoms with van der Waals surface area (Å²) in [6.07, 6.45) is 0. The molecule has 27 heavy (non-hydrogen) atoms. The quantitative estimate of drug-likeness (QED) is 0.608. The fourth-order valence-electron chi connectivity index (χ4n) is 3.07. The maximum atomic E-state index is 13.4. The van der Waals surface area contributed by atoms with Gasteiger partial charge < -0.3 is 4.74 Å². The predicted octanol–water partition coefficient (Wildman–Crippen LogP) is 3.53. The van der Waals surface area contributed by atoms with Crippen molar-refractivity contribution in [1.29, 1.82) is 0 Å². The summed E-state index contributed by atoms with van der Waals surface area (Å²) < 4.78 is 21.0. The lowest BCUT2D eigenvalue weighted by molar-refractivity contribution is 0.0328. The molecule has 0 amide bonds. The highest BCUT2D eigenvalue weighted by atomic mass is 32.2. The minimum atomic E-state index is -0.217. The van der Waals surface area contributed by atoms with Crippen molar-refractivity contribution in [3.63, 3.8) is 0 Å². The highest BCUT2D eigenvalue weighted by molar-refractivity contribution is 7.98. The number of hydrogen-bond acceptors (Lipinski definition) is 5. The first-order valence-corrected chi connectivity index (χ1v) is 9.95. The molecule has 1 aliphatic heterocycles. The summed E-state index contributed by atoms with van der Waals surface area (Å²) in [5.74, 6) is 1.33. The van der Waals surface area contributed by atoms with E-state index in [1.165, 1.54) is 6.07 Å². The van der Waals surface area contributed by atoms with Crippen molar-refractivity contribution in [1.82, 2.24) is 19.7 Å². The van der Waals surface area contributed by atoms with Crippen LogP contribution in [0.25, 0.3) is 5.69 Å². The van der Waals surface area contributed by atoms with Crippen LogP contribution in [0.1, 0.15) is 11.4 Å². The van der Waals surface area contributed by atoms with Crippen LogP contribution < -0.4 is 0 Å².